The topological polar surface area (TPSA) is 67.9 Å². The molecule has 2 amide bonds. The highest BCUT2D eigenvalue weighted by Crippen LogP contribution is 2.31. The summed E-state index contributed by atoms with van der Waals surface area (Å²) in [6, 6.07) is 13.2. The highest BCUT2D eigenvalue weighted by molar-refractivity contribution is 5.98. The summed E-state index contributed by atoms with van der Waals surface area (Å²) in [5.41, 5.74) is 2.86. The third kappa shape index (κ3) is 3.81. The number of methoxy groups -OCH3 is 1. The smallest absolute Gasteiger partial charge is 0.229 e. The van der Waals surface area contributed by atoms with Gasteiger partial charge in [-0.3, -0.25) is 9.59 Å². The summed E-state index contributed by atoms with van der Waals surface area (Å²) in [4.78, 5) is 26.7. The number of fused-ring (bicyclic) bond motifs is 1. The molecule has 2 aromatic rings. The van der Waals surface area contributed by atoms with E-state index in [2.05, 4.69) is 11.4 Å². The largest absolute Gasteiger partial charge is 0.495 e. The zero-order valence-electron chi connectivity index (χ0n) is 15.9. The molecule has 6 heteroatoms. The Morgan fingerprint density at radius 2 is 2.14 bits per heavy atom. The minimum atomic E-state index is -0.203. The maximum atomic E-state index is 12.5. The summed E-state index contributed by atoms with van der Waals surface area (Å²) in [5, 5.41) is 3.00. The zero-order chi connectivity index (χ0) is 19.5. The lowest BCUT2D eigenvalue weighted by atomic mass is 10.0. The Morgan fingerprint density at radius 3 is 3.00 bits per heavy atom. The van der Waals surface area contributed by atoms with Crippen LogP contribution in [0.1, 0.15) is 24.0 Å². The molecular weight excluding hydrogens is 356 g/mol. The van der Waals surface area contributed by atoms with Crippen LogP contribution < -0.4 is 19.7 Å². The molecule has 2 heterocycles. The maximum absolute atomic E-state index is 12.5. The molecule has 1 fully saturated rings. The van der Waals surface area contributed by atoms with Crippen molar-refractivity contribution in [3.8, 4) is 11.5 Å². The highest BCUT2D eigenvalue weighted by Gasteiger charge is 2.32. The van der Waals surface area contributed by atoms with Gasteiger partial charge in [0.05, 0.1) is 31.9 Å². The van der Waals surface area contributed by atoms with Gasteiger partial charge < -0.3 is 19.7 Å². The first-order valence-corrected chi connectivity index (χ1v) is 9.61. The van der Waals surface area contributed by atoms with Crippen LogP contribution in [0.25, 0.3) is 0 Å². The first-order chi connectivity index (χ1) is 13.6. The highest BCUT2D eigenvalue weighted by atomic mass is 16.5. The van der Waals surface area contributed by atoms with E-state index in [4.69, 9.17) is 9.47 Å². The normalized spacial score (nSPS) is 18.4. The van der Waals surface area contributed by atoms with Gasteiger partial charge in [0.15, 0.2) is 0 Å². The molecule has 6 nitrogen and oxygen atoms in total. The Kier molecular flexibility index (Phi) is 5.19. The average Bonchev–Trinajstić information content (AvgIpc) is 3.07. The number of nitrogens with zero attached hydrogens (tertiary/aromatic N) is 1. The van der Waals surface area contributed by atoms with E-state index in [0.717, 1.165) is 42.0 Å². The second-order valence-corrected chi connectivity index (χ2v) is 7.22. The number of amides is 2. The van der Waals surface area contributed by atoms with Gasteiger partial charge in [-0.1, -0.05) is 24.3 Å². The Balaban J connectivity index is 1.38. The van der Waals surface area contributed by atoms with E-state index in [9.17, 15) is 9.59 Å². The van der Waals surface area contributed by atoms with Crippen molar-refractivity contribution in [2.75, 3.05) is 25.2 Å². The monoisotopic (exact) mass is 380 g/mol. The summed E-state index contributed by atoms with van der Waals surface area (Å²) in [5.74, 6) is 1.49. The van der Waals surface area contributed by atoms with Gasteiger partial charge in [0, 0.05) is 13.0 Å². The number of carbonyl (C=O) groups excluding carboxylic acids is 2. The molecule has 0 saturated carbocycles. The van der Waals surface area contributed by atoms with Crippen LogP contribution in [-0.4, -0.2) is 38.1 Å². The summed E-state index contributed by atoms with van der Waals surface area (Å²) < 4.78 is 11.0. The van der Waals surface area contributed by atoms with Crippen molar-refractivity contribution in [3.63, 3.8) is 0 Å². The number of anilines is 1. The lowest BCUT2D eigenvalue weighted by molar-refractivity contribution is -0.121. The molecule has 1 saturated heterocycles. The predicted octanol–water partition coefficient (Wildman–Crippen LogP) is 2.48. The van der Waals surface area contributed by atoms with Crippen LogP contribution in [0, 0.1) is 0 Å². The van der Waals surface area contributed by atoms with Crippen molar-refractivity contribution < 1.29 is 19.1 Å². The second kappa shape index (κ2) is 7.92. The molecule has 1 unspecified atom stereocenters. The maximum Gasteiger partial charge on any atom is 0.229 e. The first-order valence-electron chi connectivity index (χ1n) is 9.61. The van der Waals surface area contributed by atoms with Gasteiger partial charge >= 0.3 is 0 Å². The number of hydrogen-bond donors (Lipinski definition) is 1. The number of rotatable bonds is 5. The molecule has 2 aliphatic rings. The predicted molar refractivity (Wildman–Crippen MR) is 106 cm³/mol. The van der Waals surface area contributed by atoms with Crippen molar-refractivity contribution in [2.45, 2.75) is 31.7 Å². The molecule has 0 aliphatic carbocycles. The summed E-state index contributed by atoms with van der Waals surface area (Å²) in [6.07, 6.45) is 2.58. The molecule has 2 aliphatic heterocycles. The van der Waals surface area contributed by atoms with Crippen LogP contribution >= 0.6 is 0 Å². The van der Waals surface area contributed by atoms with E-state index in [1.165, 1.54) is 0 Å². The van der Waals surface area contributed by atoms with Crippen LogP contribution in [-0.2, 0) is 22.4 Å². The van der Waals surface area contributed by atoms with Crippen molar-refractivity contribution in [1.82, 2.24) is 5.32 Å². The number of carbonyl (C=O) groups is 2. The number of aryl methyl sites for hydroxylation is 1. The summed E-state index contributed by atoms with van der Waals surface area (Å²) >= 11 is 0. The van der Waals surface area contributed by atoms with E-state index in [1.807, 2.05) is 36.4 Å². The lowest BCUT2D eigenvalue weighted by Gasteiger charge is -2.20. The Bertz CT molecular complexity index is 896. The molecular formula is C22H24N2O4. The molecule has 2 aromatic carbocycles. The summed E-state index contributed by atoms with van der Waals surface area (Å²) in [6.45, 7) is 1.20. The number of hydrogen-bond acceptors (Lipinski definition) is 4. The van der Waals surface area contributed by atoms with E-state index < -0.39 is 0 Å². The molecule has 0 bridgehead atoms. The van der Waals surface area contributed by atoms with E-state index >= 15 is 0 Å². The zero-order valence-corrected chi connectivity index (χ0v) is 15.9. The Hall–Kier alpha value is -3.02. The molecule has 146 valence electrons. The SMILES string of the molecule is COc1ccccc1N1CC(NC(=O)Cc2ccc3c(c2)CCCO3)CC1=O. The molecule has 0 aromatic heterocycles. The van der Waals surface area contributed by atoms with E-state index in [0.29, 0.717) is 25.1 Å². The fourth-order valence-electron chi connectivity index (χ4n) is 3.88. The minimum Gasteiger partial charge on any atom is -0.495 e. The molecule has 4 rings (SSSR count). The van der Waals surface area contributed by atoms with Crippen molar-refractivity contribution in [1.29, 1.82) is 0 Å². The fourth-order valence-corrected chi connectivity index (χ4v) is 3.88. The number of para-hydroxylation sites is 2. The number of ether oxygens (including phenoxy) is 2. The van der Waals surface area contributed by atoms with Crippen LogP contribution in [0.15, 0.2) is 42.5 Å². The van der Waals surface area contributed by atoms with Gasteiger partial charge in [-0.2, -0.15) is 0 Å². The van der Waals surface area contributed by atoms with Gasteiger partial charge in [-0.15, -0.1) is 0 Å². The van der Waals surface area contributed by atoms with Crippen LogP contribution in [0.4, 0.5) is 5.69 Å². The fraction of sp³-hybridized carbons (Fsp3) is 0.364. The Morgan fingerprint density at radius 1 is 1.29 bits per heavy atom. The number of benzene rings is 2. The van der Waals surface area contributed by atoms with Gasteiger partial charge in [0.2, 0.25) is 11.8 Å². The van der Waals surface area contributed by atoms with Crippen molar-refractivity contribution in [2.24, 2.45) is 0 Å². The molecule has 0 spiro atoms. The minimum absolute atomic E-state index is 0.0132. The Labute approximate surface area is 164 Å². The van der Waals surface area contributed by atoms with Crippen molar-refractivity contribution in [3.05, 3.63) is 53.6 Å². The molecule has 1 atom stereocenters. The van der Waals surface area contributed by atoms with Gasteiger partial charge in [-0.25, -0.2) is 0 Å². The number of nitrogens with one attached hydrogen (secondary N) is 1. The molecule has 28 heavy (non-hydrogen) atoms. The first kappa shape index (κ1) is 18.3. The van der Waals surface area contributed by atoms with Gasteiger partial charge in [0.1, 0.15) is 11.5 Å². The van der Waals surface area contributed by atoms with Crippen LogP contribution in [0.5, 0.6) is 11.5 Å². The van der Waals surface area contributed by atoms with Gasteiger partial charge in [-0.05, 0) is 42.2 Å². The van der Waals surface area contributed by atoms with Crippen LogP contribution in [0.3, 0.4) is 0 Å². The lowest BCUT2D eigenvalue weighted by Crippen LogP contribution is -2.38. The standard InChI is InChI=1S/C22H24N2O4/c1-27-20-7-3-2-6-18(20)24-14-17(13-22(24)26)23-21(25)12-15-8-9-19-16(11-15)5-4-10-28-19/h2-3,6-9,11,17H,4-5,10,12-14H2,1H3,(H,23,25). The third-order valence-corrected chi connectivity index (χ3v) is 5.20. The molecule has 0 radical (unpaired) electrons. The molecule has 1 N–H and O–H groups in total. The average molecular weight is 380 g/mol. The third-order valence-electron chi connectivity index (χ3n) is 5.20. The van der Waals surface area contributed by atoms with Crippen LogP contribution in [0.2, 0.25) is 0 Å². The van der Waals surface area contributed by atoms with E-state index in [1.54, 1.807) is 12.0 Å². The van der Waals surface area contributed by atoms with E-state index in [-0.39, 0.29) is 17.9 Å². The quantitative estimate of drug-likeness (QED) is 0.865. The van der Waals surface area contributed by atoms with Gasteiger partial charge in [0.25, 0.3) is 0 Å². The van der Waals surface area contributed by atoms with Crippen molar-refractivity contribution >= 4 is 17.5 Å². The summed E-state index contributed by atoms with van der Waals surface area (Å²) in [7, 11) is 1.59. The second-order valence-electron chi connectivity index (χ2n) is 7.22.